The molecule has 1 heterocycles. The van der Waals surface area contributed by atoms with Crippen molar-refractivity contribution < 1.29 is 4.74 Å². The van der Waals surface area contributed by atoms with Crippen LogP contribution in [0.4, 0.5) is 0 Å². The molecule has 2 aromatic rings. The summed E-state index contributed by atoms with van der Waals surface area (Å²) in [6.45, 7) is 5.32. The first-order chi connectivity index (χ1) is 9.76. The Labute approximate surface area is 133 Å². The SMILES string of the molecule is COc1ccc(CN2CCc3ccccc3C2)cc1C.Cl. The topological polar surface area (TPSA) is 12.5 Å². The maximum atomic E-state index is 5.32. The second kappa shape index (κ2) is 6.97. The zero-order valence-electron chi connectivity index (χ0n) is 12.6. The van der Waals surface area contributed by atoms with E-state index in [1.165, 1.54) is 22.3 Å². The van der Waals surface area contributed by atoms with E-state index in [0.717, 1.165) is 31.8 Å². The van der Waals surface area contributed by atoms with E-state index >= 15 is 0 Å². The van der Waals surface area contributed by atoms with E-state index in [9.17, 15) is 0 Å². The summed E-state index contributed by atoms with van der Waals surface area (Å²) in [7, 11) is 1.73. The molecular formula is C18H22ClNO. The van der Waals surface area contributed by atoms with E-state index in [0.29, 0.717) is 0 Å². The van der Waals surface area contributed by atoms with E-state index in [1.807, 2.05) is 0 Å². The number of hydrogen-bond donors (Lipinski definition) is 0. The van der Waals surface area contributed by atoms with Gasteiger partial charge in [-0.3, -0.25) is 4.90 Å². The largest absolute Gasteiger partial charge is 0.496 e. The summed E-state index contributed by atoms with van der Waals surface area (Å²) in [5.41, 5.74) is 5.56. The predicted molar refractivity (Wildman–Crippen MR) is 89.2 cm³/mol. The summed E-state index contributed by atoms with van der Waals surface area (Å²) in [5, 5.41) is 0. The Kier molecular flexibility index (Phi) is 5.27. The van der Waals surface area contributed by atoms with Gasteiger partial charge in [0, 0.05) is 19.6 Å². The van der Waals surface area contributed by atoms with Gasteiger partial charge < -0.3 is 4.74 Å². The van der Waals surface area contributed by atoms with Gasteiger partial charge >= 0.3 is 0 Å². The molecule has 3 rings (SSSR count). The standard InChI is InChI=1S/C18H21NO.ClH/c1-14-11-15(7-8-18(14)20-2)12-19-10-9-16-5-3-4-6-17(16)13-19;/h3-8,11H,9-10,12-13H2,1-2H3;1H. The molecule has 0 amide bonds. The minimum absolute atomic E-state index is 0. The first kappa shape index (κ1) is 15.9. The molecule has 0 fully saturated rings. The first-order valence-corrected chi connectivity index (χ1v) is 7.19. The van der Waals surface area contributed by atoms with Crippen LogP contribution in [-0.2, 0) is 19.5 Å². The van der Waals surface area contributed by atoms with Crippen LogP contribution in [0.3, 0.4) is 0 Å². The molecule has 0 N–H and O–H groups in total. The summed E-state index contributed by atoms with van der Waals surface area (Å²) in [6.07, 6.45) is 1.16. The number of rotatable bonds is 3. The maximum Gasteiger partial charge on any atom is 0.121 e. The van der Waals surface area contributed by atoms with Crippen molar-refractivity contribution in [1.82, 2.24) is 4.90 Å². The van der Waals surface area contributed by atoms with Gasteiger partial charge in [-0.05, 0) is 41.7 Å². The van der Waals surface area contributed by atoms with E-state index in [2.05, 4.69) is 54.3 Å². The third-order valence-electron chi connectivity index (χ3n) is 4.08. The van der Waals surface area contributed by atoms with Gasteiger partial charge in [0.25, 0.3) is 0 Å². The number of fused-ring (bicyclic) bond motifs is 1. The molecule has 2 aromatic carbocycles. The number of hydrogen-bond acceptors (Lipinski definition) is 2. The van der Waals surface area contributed by atoms with Gasteiger partial charge in [0.05, 0.1) is 7.11 Å². The van der Waals surface area contributed by atoms with Gasteiger partial charge in [-0.1, -0.05) is 36.4 Å². The number of nitrogens with zero attached hydrogens (tertiary/aromatic N) is 1. The van der Waals surface area contributed by atoms with Crippen LogP contribution in [0, 0.1) is 6.92 Å². The van der Waals surface area contributed by atoms with Crippen molar-refractivity contribution in [2.45, 2.75) is 26.4 Å². The van der Waals surface area contributed by atoms with E-state index in [1.54, 1.807) is 7.11 Å². The van der Waals surface area contributed by atoms with E-state index in [-0.39, 0.29) is 12.4 Å². The highest BCUT2D eigenvalue weighted by molar-refractivity contribution is 5.85. The van der Waals surface area contributed by atoms with Crippen LogP contribution in [0.15, 0.2) is 42.5 Å². The van der Waals surface area contributed by atoms with Crippen LogP contribution in [0.1, 0.15) is 22.3 Å². The Morgan fingerprint density at radius 1 is 1.10 bits per heavy atom. The molecule has 0 bridgehead atoms. The molecule has 1 aliphatic rings. The molecule has 0 saturated carbocycles. The fourth-order valence-electron chi connectivity index (χ4n) is 2.99. The highest BCUT2D eigenvalue weighted by atomic mass is 35.5. The van der Waals surface area contributed by atoms with E-state index in [4.69, 9.17) is 4.74 Å². The fraction of sp³-hybridized carbons (Fsp3) is 0.333. The summed E-state index contributed by atoms with van der Waals surface area (Å²) in [4.78, 5) is 2.52. The Bertz CT molecular complexity index is 612. The minimum Gasteiger partial charge on any atom is -0.496 e. The van der Waals surface area contributed by atoms with Crippen LogP contribution < -0.4 is 4.74 Å². The maximum absolute atomic E-state index is 5.32. The van der Waals surface area contributed by atoms with Crippen molar-refractivity contribution in [1.29, 1.82) is 0 Å². The Hall–Kier alpha value is -1.51. The number of methoxy groups -OCH3 is 1. The van der Waals surface area contributed by atoms with Crippen LogP contribution in [0.2, 0.25) is 0 Å². The molecule has 21 heavy (non-hydrogen) atoms. The second-order valence-corrected chi connectivity index (χ2v) is 5.53. The van der Waals surface area contributed by atoms with Gasteiger partial charge in [-0.15, -0.1) is 12.4 Å². The van der Waals surface area contributed by atoms with E-state index < -0.39 is 0 Å². The molecule has 112 valence electrons. The Morgan fingerprint density at radius 3 is 2.57 bits per heavy atom. The lowest BCUT2D eigenvalue weighted by Crippen LogP contribution is -2.29. The highest BCUT2D eigenvalue weighted by Crippen LogP contribution is 2.23. The van der Waals surface area contributed by atoms with Crippen molar-refractivity contribution in [2.24, 2.45) is 0 Å². The van der Waals surface area contributed by atoms with Crippen molar-refractivity contribution in [2.75, 3.05) is 13.7 Å². The number of halogens is 1. The zero-order chi connectivity index (χ0) is 13.9. The molecule has 1 aliphatic heterocycles. The normalized spacial score (nSPS) is 14.2. The van der Waals surface area contributed by atoms with Crippen molar-refractivity contribution in [3.8, 4) is 5.75 Å². The average molecular weight is 304 g/mol. The smallest absolute Gasteiger partial charge is 0.121 e. The third-order valence-corrected chi connectivity index (χ3v) is 4.08. The van der Waals surface area contributed by atoms with Crippen molar-refractivity contribution >= 4 is 12.4 Å². The summed E-state index contributed by atoms with van der Waals surface area (Å²) >= 11 is 0. The molecule has 3 heteroatoms. The fourth-order valence-corrected chi connectivity index (χ4v) is 2.99. The summed E-state index contributed by atoms with van der Waals surface area (Å²) < 4.78 is 5.32. The van der Waals surface area contributed by atoms with Crippen molar-refractivity contribution in [3.05, 3.63) is 64.7 Å². The molecule has 0 spiro atoms. The number of aryl methyl sites for hydroxylation is 1. The minimum atomic E-state index is 0. The summed E-state index contributed by atoms with van der Waals surface area (Å²) in [5.74, 6) is 0.970. The quantitative estimate of drug-likeness (QED) is 0.850. The van der Waals surface area contributed by atoms with Gasteiger partial charge in [0.15, 0.2) is 0 Å². The van der Waals surface area contributed by atoms with Crippen molar-refractivity contribution in [3.63, 3.8) is 0 Å². The molecule has 0 unspecified atom stereocenters. The Balaban J connectivity index is 0.00000161. The average Bonchev–Trinajstić information content (AvgIpc) is 2.47. The lowest BCUT2D eigenvalue weighted by molar-refractivity contribution is 0.245. The molecule has 0 atom stereocenters. The van der Waals surface area contributed by atoms with Gasteiger partial charge in [-0.25, -0.2) is 0 Å². The van der Waals surface area contributed by atoms with Crippen LogP contribution in [-0.4, -0.2) is 18.6 Å². The van der Waals surface area contributed by atoms with Crippen LogP contribution >= 0.6 is 12.4 Å². The monoisotopic (exact) mass is 303 g/mol. The lowest BCUT2D eigenvalue weighted by Gasteiger charge is -2.28. The van der Waals surface area contributed by atoms with Crippen LogP contribution in [0.5, 0.6) is 5.75 Å². The second-order valence-electron chi connectivity index (χ2n) is 5.53. The summed E-state index contributed by atoms with van der Waals surface area (Å²) in [6, 6.07) is 15.3. The molecule has 0 radical (unpaired) electrons. The number of benzene rings is 2. The van der Waals surface area contributed by atoms with Gasteiger partial charge in [-0.2, -0.15) is 0 Å². The third kappa shape index (κ3) is 3.58. The molecular weight excluding hydrogens is 282 g/mol. The predicted octanol–water partition coefficient (Wildman–Crippen LogP) is 3.98. The lowest BCUT2D eigenvalue weighted by atomic mass is 9.99. The van der Waals surface area contributed by atoms with Gasteiger partial charge in [0.2, 0.25) is 0 Å². The zero-order valence-corrected chi connectivity index (χ0v) is 13.5. The molecule has 0 aliphatic carbocycles. The van der Waals surface area contributed by atoms with Crippen LogP contribution in [0.25, 0.3) is 0 Å². The Morgan fingerprint density at radius 2 is 1.86 bits per heavy atom. The molecule has 0 saturated heterocycles. The molecule has 2 nitrogen and oxygen atoms in total. The highest BCUT2D eigenvalue weighted by Gasteiger charge is 2.15. The molecule has 0 aromatic heterocycles. The first-order valence-electron chi connectivity index (χ1n) is 7.19. The van der Waals surface area contributed by atoms with Gasteiger partial charge in [0.1, 0.15) is 5.75 Å². The number of ether oxygens (including phenoxy) is 1.